The molecule has 5 nitrogen and oxygen atoms in total. The summed E-state index contributed by atoms with van der Waals surface area (Å²) in [6.45, 7) is 3.23. The third kappa shape index (κ3) is 3.54. The fourth-order valence-corrected chi connectivity index (χ4v) is 3.42. The van der Waals surface area contributed by atoms with Crippen molar-refractivity contribution in [2.24, 2.45) is 0 Å². The van der Waals surface area contributed by atoms with E-state index in [-0.39, 0.29) is 17.2 Å². The van der Waals surface area contributed by atoms with E-state index in [4.69, 9.17) is 0 Å². The summed E-state index contributed by atoms with van der Waals surface area (Å²) in [5, 5.41) is 9.33. The van der Waals surface area contributed by atoms with Gasteiger partial charge in [0.25, 0.3) is 5.91 Å². The van der Waals surface area contributed by atoms with Gasteiger partial charge in [0.05, 0.1) is 0 Å². The van der Waals surface area contributed by atoms with Crippen LogP contribution in [0.25, 0.3) is 0 Å². The first kappa shape index (κ1) is 17.2. The highest BCUT2D eigenvalue weighted by molar-refractivity contribution is 5.92. The number of carbonyl (C=O) groups is 1. The molecule has 0 spiro atoms. The molecule has 2 unspecified atom stereocenters. The van der Waals surface area contributed by atoms with Crippen LogP contribution < -0.4 is 0 Å². The van der Waals surface area contributed by atoms with Gasteiger partial charge in [-0.05, 0) is 50.0 Å². The van der Waals surface area contributed by atoms with E-state index in [0.29, 0.717) is 19.1 Å². The lowest BCUT2D eigenvalue weighted by Gasteiger charge is -2.23. The quantitative estimate of drug-likeness (QED) is 0.912. The fourth-order valence-electron chi connectivity index (χ4n) is 3.42. The first-order valence-corrected chi connectivity index (χ1v) is 8.10. The zero-order chi connectivity index (χ0) is 17.3. The van der Waals surface area contributed by atoms with Gasteiger partial charge in [-0.3, -0.25) is 14.7 Å². The number of aromatic nitrogens is 1. The van der Waals surface area contributed by atoms with E-state index in [0.717, 1.165) is 37.8 Å². The Labute approximate surface area is 138 Å². The second-order valence-corrected chi connectivity index (χ2v) is 6.36. The second kappa shape index (κ2) is 6.68. The van der Waals surface area contributed by atoms with E-state index < -0.39 is 12.3 Å². The largest absolute Gasteiger partial charge is 0.418 e. The van der Waals surface area contributed by atoms with E-state index in [2.05, 4.69) is 9.88 Å². The summed E-state index contributed by atoms with van der Waals surface area (Å²) in [6, 6.07) is 2.43. The van der Waals surface area contributed by atoms with Gasteiger partial charge in [-0.1, -0.05) is 0 Å². The van der Waals surface area contributed by atoms with Crippen LogP contribution in [0.5, 0.6) is 0 Å². The van der Waals surface area contributed by atoms with Crippen molar-refractivity contribution in [2.45, 2.75) is 37.6 Å². The maximum Gasteiger partial charge on any atom is 0.418 e. The van der Waals surface area contributed by atoms with Crippen LogP contribution >= 0.6 is 0 Å². The number of halogens is 3. The molecule has 3 heterocycles. The summed E-state index contributed by atoms with van der Waals surface area (Å²) < 4.78 is 37.9. The molecule has 2 aliphatic rings. The van der Waals surface area contributed by atoms with Crippen LogP contribution in [0.3, 0.4) is 0 Å². The summed E-state index contributed by atoms with van der Waals surface area (Å²) in [5.74, 6) is -0.382. The smallest absolute Gasteiger partial charge is 0.379 e. The normalized spacial score (nSPS) is 23.7. The summed E-state index contributed by atoms with van der Waals surface area (Å²) in [5.41, 5.74) is -0.422. The molecule has 0 aromatic carbocycles. The second-order valence-electron chi connectivity index (χ2n) is 6.36. The van der Waals surface area contributed by atoms with Crippen molar-refractivity contribution in [1.29, 1.82) is 0 Å². The number of carbonyl (C=O) groups excluding carboxylic acids is 1. The molecule has 2 saturated heterocycles. The maximum absolute atomic E-state index is 12.6. The van der Waals surface area contributed by atoms with Crippen LogP contribution in [-0.4, -0.2) is 64.2 Å². The molecule has 1 N–H and O–H groups in total. The number of aliphatic hydroxyl groups excluding tert-OH is 1. The SMILES string of the molecule is O=C(c1cc(C(O)C(F)(F)F)ccn1)N1CCC(N2CCCC2)C1. The minimum Gasteiger partial charge on any atom is -0.379 e. The summed E-state index contributed by atoms with van der Waals surface area (Å²) in [7, 11) is 0. The van der Waals surface area contributed by atoms with E-state index in [1.165, 1.54) is 12.8 Å². The lowest BCUT2D eigenvalue weighted by molar-refractivity contribution is -0.206. The third-order valence-electron chi connectivity index (χ3n) is 4.74. The van der Waals surface area contributed by atoms with Gasteiger partial charge in [0.1, 0.15) is 5.69 Å². The molecule has 132 valence electrons. The average molecular weight is 343 g/mol. The monoisotopic (exact) mass is 343 g/mol. The molecule has 1 aromatic heterocycles. The van der Waals surface area contributed by atoms with Gasteiger partial charge >= 0.3 is 6.18 Å². The molecular weight excluding hydrogens is 323 g/mol. The zero-order valence-electron chi connectivity index (χ0n) is 13.2. The Morgan fingerprint density at radius 3 is 2.67 bits per heavy atom. The van der Waals surface area contributed by atoms with Crippen molar-refractivity contribution in [1.82, 2.24) is 14.8 Å². The summed E-state index contributed by atoms with van der Waals surface area (Å²) in [6.07, 6.45) is -3.03. The molecule has 24 heavy (non-hydrogen) atoms. The molecule has 1 amide bonds. The number of nitrogens with zero attached hydrogens (tertiary/aromatic N) is 3. The minimum absolute atomic E-state index is 0.0575. The van der Waals surface area contributed by atoms with Crippen LogP contribution in [0.2, 0.25) is 0 Å². The highest BCUT2D eigenvalue weighted by atomic mass is 19.4. The predicted octanol–water partition coefficient (Wildman–Crippen LogP) is 1.99. The van der Waals surface area contributed by atoms with Crippen LogP contribution in [0.15, 0.2) is 18.3 Å². The zero-order valence-corrected chi connectivity index (χ0v) is 13.2. The number of rotatable bonds is 3. The average Bonchev–Trinajstić information content (AvgIpc) is 3.23. The van der Waals surface area contributed by atoms with Gasteiger partial charge in [-0.2, -0.15) is 13.2 Å². The van der Waals surface area contributed by atoms with E-state index >= 15 is 0 Å². The lowest BCUT2D eigenvalue weighted by Crippen LogP contribution is -2.37. The van der Waals surface area contributed by atoms with Crippen molar-refractivity contribution >= 4 is 5.91 Å². The molecule has 0 bridgehead atoms. The van der Waals surface area contributed by atoms with Crippen molar-refractivity contribution < 1.29 is 23.1 Å². The van der Waals surface area contributed by atoms with Crippen molar-refractivity contribution in [3.05, 3.63) is 29.6 Å². The standard InChI is InChI=1S/C16H20F3N3O2/c17-16(18,19)14(23)11-3-5-20-13(9-11)15(24)22-8-4-12(10-22)21-6-1-2-7-21/h3,5,9,12,14,23H,1-2,4,6-8,10H2. The number of alkyl halides is 3. The van der Waals surface area contributed by atoms with Crippen LogP contribution in [0.1, 0.15) is 41.4 Å². The van der Waals surface area contributed by atoms with Crippen LogP contribution in [0, 0.1) is 0 Å². The van der Waals surface area contributed by atoms with Crippen LogP contribution in [-0.2, 0) is 0 Å². The Morgan fingerprint density at radius 1 is 1.29 bits per heavy atom. The highest BCUT2D eigenvalue weighted by Crippen LogP contribution is 2.32. The molecule has 0 aliphatic carbocycles. The molecule has 0 radical (unpaired) electrons. The number of hydrogen-bond acceptors (Lipinski definition) is 4. The van der Waals surface area contributed by atoms with Gasteiger partial charge in [-0.25, -0.2) is 0 Å². The van der Waals surface area contributed by atoms with E-state index in [1.54, 1.807) is 4.90 Å². The molecule has 2 atom stereocenters. The van der Waals surface area contributed by atoms with Gasteiger partial charge in [0.15, 0.2) is 6.10 Å². The Bertz CT molecular complexity index is 602. The Morgan fingerprint density at radius 2 is 2.00 bits per heavy atom. The van der Waals surface area contributed by atoms with Gasteiger partial charge in [0.2, 0.25) is 0 Å². The van der Waals surface area contributed by atoms with Crippen molar-refractivity contribution in [3.8, 4) is 0 Å². The Balaban J connectivity index is 1.69. The predicted molar refractivity (Wildman–Crippen MR) is 80.4 cm³/mol. The number of amides is 1. The van der Waals surface area contributed by atoms with Gasteiger partial charge in [-0.15, -0.1) is 0 Å². The number of likely N-dealkylation sites (tertiary alicyclic amines) is 2. The Hall–Kier alpha value is -1.67. The topological polar surface area (TPSA) is 56.7 Å². The van der Waals surface area contributed by atoms with Crippen molar-refractivity contribution in [2.75, 3.05) is 26.2 Å². The van der Waals surface area contributed by atoms with Crippen molar-refractivity contribution in [3.63, 3.8) is 0 Å². The summed E-state index contributed by atoms with van der Waals surface area (Å²) in [4.78, 5) is 20.4. The maximum atomic E-state index is 12.6. The van der Waals surface area contributed by atoms with E-state index in [1.807, 2.05) is 0 Å². The van der Waals surface area contributed by atoms with Gasteiger partial charge in [0, 0.05) is 25.3 Å². The first-order chi connectivity index (χ1) is 11.4. The van der Waals surface area contributed by atoms with Crippen LogP contribution in [0.4, 0.5) is 13.2 Å². The highest BCUT2D eigenvalue weighted by Gasteiger charge is 2.40. The minimum atomic E-state index is -4.77. The summed E-state index contributed by atoms with van der Waals surface area (Å²) >= 11 is 0. The third-order valence-corrected chi connectivity index (χ3v) is 4.74. The molecule has 2 fully saturated rings. The fraction of sp³-hybridized carbons (Fsp3) is 0.625. The molecule has 3 rings (SSSR count). The Kier molecular flexibility index (Phi) is 4.78. The number of aliphatic hydroxyl groups is 1. The molecule has 1 aromatic rings. The lowest BCUT2D eigenvalue weighted by atomic mass is 10.1. The molecule has 0 saturated carbocycles. The first-order valence-electron chi connectivity index (χ1n) is 8.10. The van der Waals surface area contributed by atoms with E-state index in [9.17, 15) is 23.1 Å². The number of hydrogen-bond donors (Lipinski definition) is 1. The molecule has 8 heteroatoms. The van der Waals surface area contributed by atoms with Gasteiger partial charge < -0.3 is 10.0 Å². The molecule has 2 aliphatic heterocycles. The molecular formula is C16H20F3N3O2. The number of pyridine rings is 1.